The first kappa shape index (κ1) is 61.0. The molecule has 0 fully saturated rings. The fourth-order valence-corrected chi connectivity index (χ4v) is 12.2. The summed E-state index contributed by atoms with van der Waals surface area (Å²) < 4.78 is 205. The maximum Gasteiger partial charge on any atom is 0.295 e. The highest BCUT2D eigenvalue weighted by Crippen LogP contribution is 2.39. The Bertz CT molecular complexity index is 4890. The van der Waals surface area contributed by atoms with E-state index in [1.165, 1.54) is 97.1 Å². The van der Waals surface area contributed by atoms with Gasteiger partial charge in [-0.15, -0.1) is 0 Å². The highest BCUT2D eigenvalue weighted by Gasteiger charge is 2.30. The Balaban J connectivity index is 0.907. The number of aliphatic imine (C=N–C) groups is 1. The van der Waals surface area contributed by atoms with Crippen LogP contribution in [0.2, 0.25) is 0 Å². The van der Waals surface area contributed by atoms with Crippen molar-refractivity contribution < 1.29 is 102 Å². The lowest BCUT2D eigenvalue weighted by Gasteiger charge is -2.15. The maximum atomic E-state index is 13.4. The Morgan fingerprint density at radius 3 is 1.08 bits per heavy atom. The van der Waals surface area contributed by atoms with Gasteiger partial charge in [-0.2, -0.15) is 55.5 Å². The molecular weight excluding hydrogens is 1230 g/mol. The number of hydrogen-bond donors (Lipinski definition) is 12. The average molecular weight is 1270 g/mol. The number of hydrogen-bond acceptors (Lipinski definition) is 17. The molecule has 0 heterocycles. The molecule has 8 rings (SSSR count). The van der Waals surface area contributed by atoms with Gasteiger partial charge >= 0.3 is 0 Å². The molecule has 0 saturated carbocycles. The molecule has 35 heteroatoms. The van der Waals surface area contributed by atoms with Crippen LogP contribution in [0.4, 0.5) is 34.1 Å². The quantitative estimate of drug-likeness (QED) is 0.0293. The van der Waals surface area contributed by atoms with Crippen molar-refractivity contribution in [2.75, 3.05) is 26.6 Å². The first-order valence-corrected chi connectivity index (χ1v) is 31.4. The zero-order valence-corrected chi connectivity index (χ0v) is 46.3. The molecule has 0 aliphatic carbocycles. The molecule has 0 atom stereocenters. The second-order valence-electron chi connectivity index (χ2n) is 17.4. The van der Waals surface area contributed by atoms with Crippen molar-refractivity contribution >= 4 is 146 Å². The number of rotatable bonds is 16. The molecule has 0 radical (unpaired) electrons. The number of amides is 4. The largest absolute Gasteiger partial charge is 0.480 e. The molecule has 436 valence electrons. The van der Waals surface area contributed by atoms with E-state index in [2.05, 4.69) is 31.6 Å². The van der Waals surface area contributed by atoms with Gasteiger partial charge in [-0.05, 0) is 133 Å². The highest BCUT2D eigenvalue weighted by atomic mass is 32.2. The van der Waals surface area contributed by atoms with E-state index < -0.39 is 153 Å². The predicted octanol–water partition coefficient (Wildman–Crippen LogP) is 6.14. The Labute approximate surface area is 474 Å². The number of aliphatic hydroxyl groups excluding tert-OH is 1. The fraction of sp³-hybridized carbons (Fsp3) is 0. The van der Waals surface area contributed by atoms with Crippen LogP contribution in [0.25, 0.3) is 21.5 Å². The van der Waals surface area contributed by atoms with Crippen LogP contribution < -0.4 is 26.6 Å². The standard InChI is InChI=1S/C49H36N6O23S6/c56-45(54-37-15-17-39(81(67,68)69)35-21-33(79(61,62)63)23-41(43(35)37)83(73,74)75)25-7-11-29(12-8-25)50-47(58)27-3-1-5-31(19-27)52-49(60)53-32-6-2-4-28(20-32)48(59)51-30-13-9-26(10-14-30)46(57)55-38-16-18-40(82(70,71)72)36-22-34(80(64,65)66)24-42(44(36)38)84(76,77)78/h1-24H,(H,50,58)(H,51,59)(H,54,56)(H,55,57)(H2,52,53,60)(H,61,62,63)(H,64,65,66)(H,67,68,69)(H,70,71,72)(H,73,74,75)(H,76,77,78). The summed E-state index contributed by atoms with van der Waals surface area (Å²) in [5.41, 5.74) is -0.666. The van der Waals surface area contributed by atoms with Crippen LogP contribution >= 0.6 is 0 Å². The van der Waals surface area contributed by atoms with E-state index in [9.17, 15) is 102 Å². The molecule has 0 saturated heterocycles. The Morgan fingerprint density at radius 2 is 0.702 bits per heavy atom. The third kappa shape index (κ3) is 13.9. The number of benzene rings is 8. The van der Waals surface area contributed by atoms with Crippen molar-refractivity contribution in [3.63, 3.8) is 0 Å². The van der Waals surface area contributed by atoms with Gasteiger partial charge in [0.1, 0.15) is 19.6 Å². The van der Waals surface area contributed by atoms with Gasteiger partial charge < -0.3 is 31.7 Å². The van der Waals surface area contributed by atoms with Crippen molar-refractivity contribution in [3.05, 3.63) is 168 Å². The first-order chi connectivity index (χ1) is 38.9. The Morgan fingerprint density at radius 1 is 0.333 bits per heavy atom. The molecule has 29 nitrogen and oxygen atoms in total. The molecule has 0 bridgehead atoms. The van der Waals surface area contributed by atoms with E-state index in [-0.39, 0.29) is 45.0 Å². The molecule has 8 aromatic rings. The molecule has 0 aliphatic rings. The summed E-state index contributed by atoms with van der Waals surface area (Å²) in [4.78, 5) is 50.4. The summed E-state index contributed by atoms with van der Waals surface area (Å²) in [6.45, 7) is 0. The zero-order chi connectivity index (χ0) is 61.6. The van der Waals surface area contributed by atoms with Crippen LogP contribution in [-0.4, -0.2) is 113 Å². The monoisotopic (exact) mass is 1270 g/mol. The minimum Gasteiger partial charge on any atom is -0.480 e. The predicted molar refractivity (Wildman–Crippen MR) is 298 cm³/mol. The topological polar surface area (TPSA) is 487 Å². The molecule has 12 N–H and O–H groups in total. The van der Waals surface area contributed by atoms with Crippen LogP contribution in [0.15, 0.2) is 180 Å². The summed E-state index contributed by atoms with van der Waals surface area (Å²) in [6, 6.07) is 25.3. The Hall–Kier alpha value is -9.11. The van der Waals surface area contributed by atoms with Crippen LogP contribution in [0.5, 0.6) is 0 Å². The summed E-state index contributed by atoms with van der Waals surface area (Å²) in [5, 5.41) is 20.0. The van der Waals surface area contributed by atoms with Gasteiger partial charge in [-0.1, -0.05) is 12.1 Å². The van der Waals surface area contributed by atoms with Crippen LogP contribution in [-0.2, 0) is 60.7 Å². The van der Waals surface area contributed by atoms with Crippen molar-refractivity contribution in [2.45, 2.75) is 29.4 Å². The van der Waals surface area contributed by atoms with Gasteiger partial charge in [0.05, 0.1) is 26.9 Å². The number of aliphatic hydroxyl groups is 1. The molecule has 4 amide bonds. The normalized spacial score (nSPS) is 12.6. The van der Waals surface area contributed by atoms with Crippen molar-refractivity contribution in [2.24, 2.45) is 4.99 Å². The second-order valence-corrected chi connectivity index (χ2v) is 25.8. The fourth-order valence-electron chi connectivity index (χ4n) is 8.09. The van der Waals surface area contributed by atoms with E-state index in [0.717, 1.165) is 12.1 Å². The third-order valence-corrected chi connectivity index (χ3v) is 17.0. The van der Waals surface area contributed by atoms with Crippen molar-refractivity contribution in [3.8, 4) is 0 Å². The molecular formula is C49H36N6O23S6. The lowest BCUT2D eigenvalue weighted by Crippen LogP contribution is -2.15. The first-order valence-electron chi connectivity index (χ1n) is 22.7. The molecule has 0 spiro atoms. The van der Waals surface area contributed by atoms with Gasteiger partial charge in [0.15, 0.2) is 0 Å². The highest BCUT2D eigenvalue weighted by molar-refractivity contribution is 7.88. The minimum absolute atomic E-state index is 0.0281. The summed E-state index contributed by atoms with van der Waals surface area (Å²) in [6.07, 6.45) is 0. The maximum absolute atomic E-state index is 13.4. The molecule has 84 heavy (non-hydrogen) atoms. The van der Waals surface area contributed by atoms with E-state index in [1.54, 1.807) is 0 Å². The summed E-state index contributed by atoms with van der Waals surface area (Å²) >= 11 is 0. The van der Waals surface area contributed by atoms with Crippen LogP contribution in [0.1, 0.15) is 41.4 Å². The van der Waals surface area contributed by atoms with Gasteiger partial charge in [-0.25, -0.2) is 0 Å². The number of amidine groups is 1. The smallest absolute Gasteiger partial charge is 0.295 e. The summed E-state index contributed by atoms with van der Waals surface area (Å²) in [5.74, 6) is -3.32. The minimum atomic E-state index is -5.41. The molecule has 0 aromatic heterocycles. The number of anilines is 5. The average Bonchev–Trinajstić information content (AvgIpc) is 1.31. The van der Waals surface area contributed by atoms with Gasteiger partial charge in [0.2, 0.25) is 0 Å². The third-order valence-electron chi connectivity index (χ3n) is 11.8. The molecule has 0 unspecified atom stereocenters. The van der Waals surface area contributed by atoms with Gasteiger partial charge in [0.25, 0.3) is 90.4 Å². The lowest BCUT2D eigenvalue weighted by molar-refractivity contribution is 0.101. The SMILES string of the molecule is O=C(Nc1ccc(C(=O)Nc2ccc(S(=O)(=O)O)c3cc(S(=O)(=O)O)cc(S(=O)(=O)O)c23)cc1)c1cccc(N=C(O)Nc2cccc(C(=O)Nc3ccc(C(=O)Nc4ccc(S(=O)(=O)O)c5cc(S(=O)(=O)O)cc(S(=O)(=O)O)c45)cc3)c2)c1. The van der Waals surface area contributed by atoms with E-state index in [4.69, 9.17) is 0 Å². The number of nitrogens with zero attached hydrogens (tertiary/aromatic N) is 1. The summed E-state index contributed by atoms with van der Waals surface area (Å²) in [7, 11) is -31.7. The Kier molecular flexibility index (Phi) is 16.4. The van der Waals surface area contributed by atoms with E-state index in [1.807, 2.05) is 0 Å². The van der Waals surface area contributed by atoms with Gasteiger partial charge in [-0.3, -0.25) is 46.5 Å². The second kappa shape index (κ2) is 22.6. The number of nitrogens with one attached hydrogen (secondary N) is 5. The van der Waals surface area contributed by atoms with E-state index in [0.29, 0.717) is 36.4 Å². The number of carbonyl (C=O) groups excluding carboxylic acids is 4. The van der Waals surface area contributed by atoms with E-state index >= 15 is 0 Å². The van der Waals surface area contributed by atoms with Crippen molar-refractivity contribution in [1.82, 2.24) is 0 Å². The van der Waals surface area contributed by atoms with Crippen LogP contribution in [0.3, 0.4) is 0 Å². The zero-order valence-electron chi connectivity index (χ0n) is 41.4. The number of fused-ring (bicyclic) bond motifs is 2. The van der Waals surface area contributed by atoms with Crippen molar-refractivity contribution in [1.29, 1.82) is 0 Å². The molecule has 0 aliphatic heterocycles. The van der Waals surface area contributed by atoms with Gasteiger partial charge in [0, 0.05) is 60.9 Å². The number of carbonyl (C=O) groups is 4. The van der Waals surface area contributed by atoms with Crippen LogP contribution in [0, 0.1) is 0 Å². The lowest BCUT2D eigenvalue weighted by atomic mass is 10.1. The molecule has 8 aromatic carbocycles.